The van der Waals surface area contributed by atoms with Crippen LogP contribution in [0.2, 0.25) is 0 Å². The van der Waals surface area contributed by atoms with Gasteiger partial charge < -0.3 is 5.11 Å². The minimum Gasteiger partial charge on any atom is -0.481 e. The molecule has 2 heterocycles. The number of rotatable bonds is 4. The van der Waals surface area contributed by atoms with Gasteiger partial charge in [-0.2, -0.15) is 4.31 Å². The smallest absolute Gasteiger partial charge is 0.307 e. The molecule has 1 N–H and O–H groups in total. The van der Waals surface area contributed by atoms with Gasteiger partial charge in [0.1, 0.15) is 4.90 Å². The minimum absolute atomic E-state index is 0.00507. The molecule has 0 saturated carbocycles. The highest BCUT2D eigenvalue weighted by Gasteiger charge is 2.37. The topological polar surface area (TPSA) is 131 Å². The first-order chi connectivity index (χ1) is 11.3. The molecule has 1 aliphatic rings. The van der Waals surface area contributed by atoms with Crippen molar-refractivity contribution in [3.05, 3.63) is 40.6 Å². The highest BCUT2D eigenvalue weighted by atomic mass is 32.2. The van der Waals surface area contributed by atoms with Crippen LogP contribution >= 0.6 is 0 Å². The van der Waals surface area contributed by atoms with Gasteiger partial charge in [-0.1, -0.05) is 0 Å². The lowest BCUT2D eigenvalue weighted by atomic mass is 10.1. The summed E-state index contributed by atoms with van der Waals surface area (Å²) in [7, 11) is -3.99. The van der Waals surface area contributed by atoms with E-state index in [1.165, 1.54) is 18.3 Å². The molecule has 0 spiro atoms. The molecule has 2 aromatic rings. The summed E-state index contributed by atoms with van der Waals surface area (Å²) in [6, 6.07) is 5.20. The van der Waals surface area contributed by atoms with Crippen molar-refractivity contribution in [3.63, 3.8) is 0 Å². The van der Waals surface area contributed by atoms with Gasteiger partial charge in [0.25, 0.3) is 5.69 Å². The summed E-state index contributed by atoms with van der Waals surface area (Å²) in [6.07, 6.45) is 1.59. The maximum atomic E-state index is 12.8. The highest BCUT2D eigenvalue weighted by molar-refractivity contribution is 7.89. The number of non-ortho nitro benzene ring substituents is 1. The van der Waals surface area contributed by atoms with Crippen molar-refractivity contribution in [3.8, 4) is 0 Å². The lowest BCUT2D eigenvalue weighted by Crippen LogP contribution is -2.30. The van der Waals surface area contributed by atoms with E-state index in [1.54, 1.807) is 0 Å². The van der Waals surface area contributed by atoms with Gasteiger partial charge in [0.2, 0.25) is 10.0 Å². The summed E-state index contributed by atoms with van der Waals surface area (Å²) in [5.74, 6) is -1.79. The Morgan fingerprint density at radius 2 is 2.12 bits per heavy atom. The zero-order valence-corrected chi connectivity index (χ0v) is 13.1. The standard InChI is InChI=1S/C14H13N3O6S/c18-14(19)9-5-7-16(8-9)24(22,23)12-4-3-11(17(20)21)10-2-1-6-15-13(10)12/h1-4,6,9H,5,7-8H2,(H,18,19). The van der Waals surface area contributed by atoms with Crippen LogP contribution in [-0.2, 0) is 14.8 Å². The molecule has 10 heteroatoms. The Morgan fingerprint density at radius 1 is 1.38 bits per heavy atom. The van der Waals surface area contributed by atoms with E-state index >= 15 is 0 Å². The summed E-state index contributed by atoms with van der Waals surface area (Å²) in [6.45, 7) is -0.0341. The first-order valence-corrected chi connectivity index (χ1v) is 8.51. The molecule has 9 nitrogen and oxygen atoms in total. The van der Waals surface area contributed by atoms with Crippen LogP contribution in [0, 0.1) is 16.0 Å². The Bertz CT molecular complexity index is 943. The maximum absolute atomic E-state index is 12.8. The van der Waals surface area contributed by atoms with Crippen LogP contribution in [0.5, 0.6) is 0 Å². The lowest BCUT2D eigenvalue weighted by molar-refractivity contribution is -0.383. The predicted octanol–water partition coefficient (Wildman–Crippen LogP) is 1.24. The summed E-state index contributed by atoms with van der Waals surface area (Å²) in [5, 5.41) is 20.3. The van der Waals surface area contributed by atoms with E-state index in [9.17, 15) is 23.3 Å². The van der Waals surface area contributed by atoms with Crippen molar-refractivity contribution in [2.45, 2.75) is 11.3 Å². The molecular formula is C14H13N3O6S. The average molecular weight is 351 g/mol. The van der Waals surface area contributed by atoms with Crippen LogP contribution in [0.4, 0.5) is 5.69 Å². The zero-order chi connectivity index (χ0) is 17.5. The van der Waals surface area contributed by atoms with Gasteiger partial charge in [-0.05, 0) is 24.6 Å². The molecule has 1 saturated heterocycles. The molecule has 1 unspecified atom stereocenters. The molecule has 1 aromatic heterocycles. The van der Waals surface area contributed by atoms with Crippen molar-refractivity contribution in [1.82, 2.24) is 9.29 Å². The van der Waals surface area contributed by atoms with Crippen molar-refractivity contribution in [1.29, 1.82) is 0 Å². The molecule has 0 aliphatic carbocycles. The van der Waals surface area contributed by atoms with E-state index < -0.39 is 26.8 Å². The first-order valence-electron chi connectivity index (χ1n) is 7.07. The number of hydrogen-bond acceptors (Lipinski definition) is 6. The second-order valence-electron chi connectivity index (χ2n) is 5.43. The SMILES string of the molecule is O=C(O)C1CCN(S(=O)(=O)c2ccc([N+](=O)[O-])c3cccnc23)C1. The quantitative estimate of drug-likeness (QED) is 0.647. The number of sulfonamides is 1. The van der Waals surface area contributed by atoms with Gasteiger partial charge >= 0.3 is 5.97 Å². The summed E-state index contributed by atoms with van der Waals surface area (Å²) < 4.78 is 26.7. The van der Waals surface area contributed by atoms with Gasteiger partial charge in [-0.15, -0.1) is 0 Å². The monoisotopic (exact) mass is 351 g/mol. The number of hydrogen-bond donors (Lipinski definition) is 1. The zero-order valence-electron chi connectivity index (χ0n) is 12.3. The average Bonchev–Trinajstić information content (AvgIpc) is 3.04. The third-order valence-electron chi connectivity index (χ3n) is 4.02. The predicted molar refractivity (Wildman–Crippen MR) is 82.9 cm³/mol. The summed E-state index contributed by atoms with van der Waals surface area (Å²) in [4.78, 5) is 25.4. The van der Waals surface area contributed by atoms with Crippen LogP contribution < -0.4 is 0 Å². The molecule has 24 heavy (non-hydrogen) atoms. The molecule has 0 radical (unpaired) electrons. The van der Waals surface area contributed by atoms with Gasteiger partial charge in [0.05, 0.1) is 21.7 Å². The second kappa shape index (κ2) is 5.80. The normalized spacial score (nSPS) is 18.8. The lowest BCUT2D eigenvalue weighted by Gasteiger charge is -2.17. The Balaban J connectivity index is 2.11. The molecule has 0 amide bonds. The molecule has 126 valence electrons. The Kier molecular flexibility index (Phi) is 3.93. The molecule has 1 aromatic carbocycles. The molecule has 1 aliphatic heterocycles. The fourth-order valence-corrected chi connectivity index (χ4v) is 4.43. The maximum Gasteiger partial charge on any atom is 0.307 e. The second-order valence-corrected chi connectivity index (χ2v) is 7.33. The number of pyridine rings is 1. The minimum atomic E-state index is -3.99. The molecule has 0 bridgehead atoms. The third-order valence-corrected chi connectivity index (χ3v) is 5.92. The third kappa shape index (κ3) is 2.59. The van der Waals surface area contributed by atoms with E-state index in [0.717, 1.165) is 16.4 Å². The van der Waals surface area contributed by atoms with E-state index in [4.69, 9.17) is 5.11 Å². The van der Waals surface area contributed by atoms with Gasteiger partial charge in [0, 0.05) is 25.4 Å². The number of benzene rings is 1. The fourth-order valence-electron chi connectivity index (χ4n) is 2.79. The molecular weight excluding hydrogens is 338 g/mol. The Morgan fingerprint density at radius 3 is 2.75 bits per heavy atom. The van der Waals surface area contributed by atoms with E-state index in [2.05, 4.69) is 4.98 Å². The summed E-state index contributed by atoms with van der Waals surface area (Å²) in [5.41, 5.74) is -0.229. The van der Waals surface area contributed by atoms with Gasteiger partial charge in [0.15, 0.2) is 0 Å². The Labute approximate surface area is 136 Å². The molecule has 1 atom stereocenters. The van der Waals surface area contributed by atoms with E-state index in [0.29, 0.717) is 0 Å². The van der Waals surface area contributed by atoms with Gasteiger partial charge in [-0.25, -0.2) is 8.42 Å². The number of carboxylic acids is 1. The van der Waals surface area contributed by atoms with Crippen LogP contribution in [0.3, 0.4) is 0 Å². The number of nitro benzene ring substituents is 1. The van der Waals surface area contributed by atoms with Crippen LogP contribution in [0.25, 0.3) is 10.9 Å². The van der Waals surface area contributed by atoms with E-state index in [-0.39, 0.29) is 41.0 Å². The largest absolute Gasteiger partial charge is 0.481 e. The number of nitrogens with zero attached hydrogens (tertiary/aromatic N) is 3. The highest BCUT2D eigenvalue weighted by Crippen LogP contribution is 2.32. The van der Waals surface area contributed by atoms with Crippen molar-refractivity contribution in [2.24, 2.45) is 5.92 Å². The van der Waals surface area contributed by atoms with Crippen molar-refractivity contribution in [2.75, 3.05) is 13.1 Å². The Hall–Kier alpha value is -2.59. The number of aliphatic carboxylic acids is 1. The van der Waals surface area contributed by atoms with Crippen molar-refractivity contribution < 1.29 is 23.2 Å². The number of fused-ring (bicyclic) bond motifs is 1. The fraction of sp³-hybridized carbons (Fsp3) is 0.286. The number of nitro groups is 1. The van der Waals surface area contributed by atoms with Crippen LogP contribution in [0.1, 0.15) is 6.42 Å². The van der Waals surface area contributed by atoms with Gasteiger partial charge in [-0.3, -0.25) is 19.9 Å². The first kappa shape index (κ1) is 16.3. The summed E-state index contributed by atoms with van der Waals surface area (Å²) >= 11 is 0. The van der Waals surface area contributed by atoms with E-state index in [1.807, 2.05) is 0 Å². The van der Waals surface area contributed by atoms with Crippen LogP contribution in [0.15, 0.2) is 35.4 Å². The number of carboxylic acid groups (broad SMARTS) is 1. The number of carbonyl (C=O) groups is 1. The number of aromatic nitrogens is 1. The molecule has 3 rings (SSSR count). The van der Waals surface area contributed by atoms with Crippen molar-refractivity contribution >= 4 is 32.6 Å². The molecule has 1 fully saturated rings. The van der Waals surface area contributed by atoms with Crippen LogP contribution in [-0.4, -0.2) is 46.8 Å².